The average molecular weight is 256 g/mol. The van der Waals surface area contributed by atoms with Crippen LogP contribution >= 0.6 is 0 Å². The van der Waals surface area contributed by atoms with E-state index < -0.39 is 8.07 Å². The summed E-state index contributed by atoms with van der Waals surface area (Å²) >= 11 is 0. The summed E-state index contributed by atoms with van der Waals surface area (Å²) in [5.74, 6) is 0.301. The number of hydrogen-bond donors (Lipinski definition) is 0. The van der Waals surface area contributed by atoms with E-state index in [9.17, 15) is 4.79 Å². The van der Waals surface area contributed by atoms with Gasteiger partial charge in [-0.15, -0.1) is 0 Å². The average Bonchev–Trinajstić information content (AvgIpc) is 2.26. The van der Waals surface area contributed by atoms with Gasteiger partial charge in [0, 0.05) is 15.1 Å². The highest BCUT2D eigenvalue weighted by Crippen LogP contribution is 2.35. The molecule has 0 saturated carbocycles. The number of nitrogens with zero attached hydrogens (tertiary/aromatic N) is 2. The molecule has 1 amide bonds. The van der Waals surface area contributed by atoms with Crippen LogP contribution in [-0.2, 0) is 4.79 Å². The predicted octanol–water partition coefficient (Wildman–Crippen LogP) is 2.47. The lowest BCUT2D eigenvalue weighted by molar-refractivity contribution is -0.129. The molecule has 1 fully saturated rings. The van der Waals surface area contributed by atoms with Crippen LogP contribution < -0.4 is 0 Å². The summed E-state index contributed by atoms with van der Waals surface area (Å²) in [7, 11) is 2.83. The fraction of sp³-hybridized carbons (Fsp3) is 0.923. The fourth-order valence-corrected chi connectivity index (χ4v) is 4.60. The van der Waals surface area contributed by atoms with Gasteiger partial charge >= 0.3 is 0 Å². The molecule has 4 heteroatoms. The first kappa shape index (κ1) is 14.7. The largest absolute Gasteiger partial charge is 0.328 e. The van der Waals surface area contributed by atoms with E-state index in [0.717, 1.165) is 6.04 Å². The Kier molecular flexibility index (Phi) is 3.80. The predicted molar refractivity (Wildman–Crippen MR) is 75.7 cm³/mol. The summed E-state index contributed by atoms with van der Waals surface area (Å²) in [6.07, 6.45) is 0.219. The lowest BCUT2D eigenvalue weighted by atomic mass is 9.91. The topological polar surface area (TPSA) is 23.6 Å². The molecule has 1 rings (SSSR count). The van der Waals surface area contributed by atoms with Crippen LogP contribution in [0.2, 0.25) is 25.7 Å². The number of hydrogen-bond acceptors (Lipinski definition) is 2. The van der Waals surface area contributed by atoms with Crippen LogP contribution in [0.5, 0.6) is 0 Å². The number of rotatable bonds is 2. The Morgan fingerprint density at radius 2 is 1.65 bits per heavy atom. The van der Waals surface area contributed by atoms with Crippen molar-refractivity contribution < 1.29 is 4.79 Å². The van der Waals surface area contributed by atoms with Gasteiger partial charge in [-0.1, -0.05) is 40.4 Å². The maximum Gasteiger partial charge on any atom is 0.240 e. The first-order valence-electron chi connectivity index (χ1n) is 6.44. The Bertz CT molecular complexity index is 304. The molecule has 0 aliphatic carbocycles. The SMILES string of the molecule is CN1C(=O)C(C[Si](C)(C)C)N(C)C1C(C)(C)C. The van der Waals surface area contributed by atoms with E-state index in [-0.39, 0.29) is 17.6 Å². The van der Waals surface area contributed by atoms with Crippen LogP contribution in [-0.4, -0.2) is 50.1 Å². The fourth-order valence-electron chi connectivity index (χ4n) is 2.98. The molecule has 0 bridgehead atoms. The maximum atomic E-state index is 12.4. The number of carbonyl (C=O) groups excluding carboxylic acids is 1. The summed E-state index contributed by atoms with van der Waals surface area (Å²) in [6, 6.07) is 1.15. The van der Waals surface area contributed by atoms with Gasteiger partial charge in [-0.2, -0.15) is 0 Å². The second-order valence-electron chi connectivity index (χ2n) is 7.63. The molecule has 1 aliphatic rings. The monoisotopic (exact) mass is 256 g/mol. The summed E-state index contributed by atoms with van der Waals surface area (Å²) in [5.41, 5.74) is 0.105. The van der Waals surface area contributed by atoms with E-state index in [4.69, 9.17) is 0 Å². The van der Waals surface area contributed by atoms with Gasteiger partial charge in [-0.05, 0) is 18.5 Å². The van der Waals surface area contributed by atoms with Gasteiger partial charge in [-0.3, -0.25) is 9.69 Å². The van der Waals surface area contributed by atoms with Crippen molar-refractivity contribution in [2.24, 2.45) is 5.41 Å². The third-order valence-electron chi connectivity index (χ3n) is 3.46. The molecule has 2 atom stereocenters. The summed E-state index contributed by atoms with van der Waals surface area (Å²) < 4.78 is 0. The summed E-state index contributed by atoms with van der Waals surface area (Å²) in [5, 5.41) is 0. The Morgan fingerprint density at radius 3 is 1.94 bits per heavy atom. The lowest BCUT2D eigenvalue weighted by Crippen LogP contribution is -2.46. The molecule has 1 aliphatic heterocycles. The molecule has 1 heterocycles. The lowest BCUT2D eigenvalue weighted by Gasteiger charge is -2.37. The number of carbonyl (C=O) groups is 1. The van der Waals surface area contributed by atoms with Crippen molar-refractivity contribution in [2.45, 2.75) is 58.7 Å². The number of likely N-dealkylation sites (N-methyl/N-ethyl adjacent to an activating group) is 2. The molecule has 17 heavy (non-hydrogen) atoms. The minimum atomic E-state index is -1.21. The zero-order valence-corrected chi connectivity index (χ0v) is 13.7. The molecule has 0 aromatic heterocycles. The number of amides is 1. The quantitative estimate of drug-likeness (QED) is 0.709. The van der Waals surface area contributed by atoms with E-state index in [1.807, 2.05) is 11.9 Å². The van der Waals surface area contributed by atoms with Crippen molar-refractivity contribution >= 4 is 14.0 Å². The van der Waals surface area contributed by atoms with Gasteiger partial charge < -0.3 is 4.90 Å². The molecular weight excluding hydrogens is 228 g/mol. The molecule has 1 saturated heterocycles. The smallest absolute Gasteiger partial charge is 0.240 e. The molecule has 2 unspecified atom stereocenters. The first-order valence-corrected chi connectivity index (χ1v) is 10.1. The highest BCUT2D eigenvalue weighted by molar-refractivity contribution is 6.76. The molecular formula is C13H28N2OSi. The minimum Gasteiger partial charge on any atom is -0.328 e. The van der Waals surface area contributed by atoms with E-state index in [0.29, 0.717) is 5.91 Å². The third kappa shape index (κ3) is 3.10. The Balaban J connectivity index is 2.94. The molecule has 0 radical (unpaired) electrons. The zero-order valence-electron chi connectivity index (χ0n) is 12.7. The summed E-state index contributed by atoms with van der Waals surface area (Å²) in [4.78, 5) is 16.6. The highest BCUT2D eigenvalue weighted by atomic mass is 28.3. The van der Waals surface area contributed by atoms with Gasteiger partial charge in [0.25, 0.3) is 0 Å². The van der Waals surface area contributed by atoms with E-state index in [1.54, 1.807) is 0 Å². The normalized spacial score (nSPS) is 28.0. The highest BCUT2D eigenvalue weighted by Gasteiger charge is 2.47. The van der Waals surface area contributed by atoms with Crippen molar-refractivity contribution in [3.05, 3.63) is 0 Å². The van der Waals surface area contributed by atoms with Crippen LogP contribution in [0, 0.1) is 5.41 Å². The van der Waals surface area contributed by atoms with Gasteiger partial charge in [0.15, 0.2) is 0 Å². The minimum absolute atomic E-state index is 0.0934. The first-order chi connectivity index (χ1) is 7.45. The van der Waals surface area contributed by atoms with Gasteiger partial charge in [0.1, 0.15) is 0 Å². The van der Waals surface area contributed by atoms with Gasteiger partial charge in [0.2, 0.25) is 5.91 Å². The second kappa shape index (κ2) is 4.39. The van der Waals surface area contributed by atoms with Crippen LogP contribution in [0.1, 0.15) is 20.8 Å². The standard InChI is InChI=1S/C13H28N2OSi/c1-13(2,3)12-14(4)10(9-17(6,7)8)11(16)15(12)5/h10,12H,9H2,1-8H3. The second-order valence-corrected chi connectivity index (χ2v) is 13.2. The third-order valence-corrected chi connectivity index (χ3v) is 5.07. The van der Waals surface area contributed by atoms with Crippen molar-refractivity contribution in [3.63, 3.8) is 0 Å². The Labute approximate surface area is 107 Å². The van der Waals surface area contributed by atoms with Crippen LogP contribution in [0.3, 0.4) is 0 Å². The van der Waals surface area contributed by atoms with Crippen LogP contribution in [0.15, 0.2) is 0 Å². The van der Waals surface area contributed by atoms with Crippen molar-refractivity contribution in [1.29, 1.82) is 0 Å². The van der Waals surface area contributed by atoms with Crippen molar-refractivity contribution in [3.8, 4) is 0 Å². The zero-order chi connectivity index (χ0) is 13.6. The van der Waals surface area contributed by atoms with Crippen LogP contribution in [0.4, 0.5) is 0 Å². The van der Waals surface area contributed by atoms with E-state index >= 15 is 0 Å². The Hall–Kier alpha value is -0.353. The van der Waals surface area contributed by atoms with E-state index in [2.05, 4.69) is 52.4 Å². The van der Waals surface area contributed by atoms with E-state index in [1.165, 1.54) is 0 Å². The summed E-state index contributed by atoms with van der Waals surface area (Å²) in [6.45, 7) is 13.6. The van der Waals surface area contributed by atoms with Gasteiger partial charge in [-0.25, -0.2) is 0 Å². The Morgan fingerprint density at radius 1 is 1.18 bits per heavy atom. The van der Waals surface area contributed by atoms with Crippen molar-refractivity contribution in [2.75, 3.05) is 14.1 Å². The molecule has 0 spiro atoms. The molecule has 0 aromatic carbocycles. The molecule has 100 valence electrons. The molecule has 0 N–H and O–H groups in total. The maximum absolute atomic E-state index is 12.4. The molecule has 3 nitrogen and oxygen atoms in total. The van der Waals surface area contributed by atoms with Crippen LogP contribution in [0.25, 0.3) is 0 Å². The van der Waals surface area contributed by atoms with Gasteiger partial charge in [0.05, 0.1) is 12.2 Å². The van der Waals surface area contributed by atoms with Crippen molar-refractivity contribution in [1.82, 2.24) is 9.80 Å². The molecule has 0 aromatic rings.